The highest BCUT2D eigenvalue weighted by molar-refractivity contribution is 7.90. The summed E-state index contributed by atoms with van der Waals surface area (Å²) >= 11 is 0. The van der Waals surface area contributed by atoms with Gasteiger partial charge in [-0.25, -0.2) is 42.0 Å². The van der Waals surface area contributed by atoms with Crippen molar-refractivity contribution in [1.82, 2.24) is 38.1 Å². The fourth-order valence-electron chi connectivity index (χ4n) is 14.9. The van der Waals surface area contributed by atoms with Gasteiger partial charge in [-0.15, -0.1) is 0 Å². The molecule has 6 aliphatic carbocycles. The van der Waals surface area contributed by atoms with Crippen molar-refractivity contribution in [1.29, 1.82) is 0 Å². The lowest BCUT2D eigenvalue weighted by Gasteiger charge is -2.26. The Hall–Kier alpha value is -7.58. The third kappa shape index (κ3) is 8.42. The molecule has 6 amide bonds. The second-order valence-corrected chi connectivity index (χ2v) is 27.8. The van der Waals surface area contributed by atoms with E-state index in [1.807, 2.05) is 0 Å². The van der Waals surface area contributed by atoms with E-state index >= 15 is 0 Å². The second-order valence-electron chi connectivity index (χ2n) is 23.0. The summed E-state index contributed by atoms with van der Waals surface area (Å²) in [5.41, 5.74) is 15.3. The lowest BCUT2D eigenvalue weighted by molar-refractivity contribution is 0.194. The molecule has 3 unspecified atom stereocenters. The number of sulfonamides is 3. The van der Waals surface area contributed by atoms with Crippen molar-refractivity contribution in [3.8, 4) is 17.5 Å². The first-order valence-corrected chi connectivity index (χ1v) is 32.8. The first kappa shape index (κ1) is 51.3. The van der Waals surface area contributed by atoms with E-state index in [4.69, 9.17) is 14.2 Å². The first-order valence-electron chi connectivity index (χ1n) is 28.3. The van der Waals surface area contributed by atoms with E-state index in [1.54, 1.807) is 10.8 Å². The van der Waals surface area contributed by atoms with Crippen molar-refractivity contribution in [2.45, 2.75) is 162 Å². The van der Waals surface area contributed by atoms with Crippen molar-refractivity contribution in [2.75, 3.05) is 29.2 Å². The summed E-state index contributed by atoms with van der Waals surface area (Å²) < 4.78 is 112. The van der Waals surface area contributed by atoms with Crippen LogP contribution in [-0.2, 0) is 120 Å². The molecule has 0 radical (unpaired) electrons. The number of rotatable bonds is 12. The Morgan fingerprint density at radius 2 is 1.16 bits per heavy atom. The molecule has 9 aliphatic rings. The fraction of sp³-hybridized carbons (Fsp3) is 0.446. The number of hydrogen-bond acceptors (Lipinski definition) is 14. The first-order chi connectivity index (χ1) is 39.5. The van der Waals surface area contributed by atoms with Crippen molar-refractivity contribution in [3.63, 3.8) is 0 Å². The van der Waals surface area contributed by atoms with E-state index in [-0.39, 0.29) is 53.9 Å². The van der Waals surface area contributed by atoms with Crippen LogP contribution in [0.3, 0.4) is 0 Å². The largest absolute Gasteiger partial charge is 0.488 e. The Morgan fingerprint density at radius 1 is 0.573 bits per heavy atom. The Kier molecular flexibility index (Phi) is 11.9. The maximum atomic E-state index is 14.3. The Bertz CT molecular complexity index is 4130. The lowest BCUT2D eigenvalue weighted by atomic mass is 9.81. The van der Waals surface area contributed by atoms with Gasteiger partial charge in [0.25, 0.3) is 30.1 Å². The summed E-state index contributed by atoms with van der Waals surface area (Å²) in [7, 11) is -13.4. The number of hydrogen-bond donors (Lipinski definition) is 6. The van der Waals surface area contributed by atoms with Crippen molar-refractivity contribution >= 4 is 65.2 Å². The van der Waals surface area contributed by atoms with Crippen LogP contribution in [0.25, 0.3) is 0 Å². The third-order valence-electron chi connectivity index (χ3n) is 18.2. The van der Waals surface area contributed by atoms with Gasteiger partial charge in [0.15, 0.2) is 5.75 Å². The number of benzene rings is 3. The Morgan fingerprint density at radius 3 is 1.84 bits per heavy atom. The number of amides is 6. The predicted octanol–water partition coefficient (Wildman–Crippen LogP) is 5.92. The van der Waals surface area contributed by atoms with E-state index in [9.17, 15) is 39.6 Å². The molecule has 0 spiro atoms. The van der Waals surface area contributed by atoms with Crippen LogP contribution in [0.1, 0.15) is 123 Å². The summed E-state index contributed by atoms with van der Waals surface area (Å²) in [5.74, 6) is 0.0950. The quantitative estimate of drug-likeness (QED) is 0.0830. The smallest absolute Gasteiger partial charge is 0.333 e. The van der Waals surface area contributed by atoms with Crippen LogP contribution in [0.5, 0.6) is 17.5 Å². The van der Waals surface area contributed by atoms with Crippen LogP contribution < -0.4 is 44.3 Å². The van der Waals surface area contributed by atoms with Crippen LogP contribution >= 0.6 is 0 Å². The number of imidazole rings is 1. The van der Waals surface area contributed by atoms with E-state index < -0.39 is 64.3 Å². The van der Waals surface area contributed by atoms with Crippen LogP contribution in [0.2, 0.25) is 0 Å². The zero-order valence-electron chi connectivity index (χ0n) is 44.6. The molecule has 428 valence electrons. The van der Waals surface area contributed by atoms with E-state index in [0.717, 1.165) is 146 Å². The van der Waals surface area contributed by atoms with Crippen LogP contribution in [0.4, 0.5) is 31.4 Å². The van der Waals surface area contributed by atoms with Gasteiger partial charge in [-0.1, -0.05) is 18.2 Å². The van der Waals surface area contributed by atoms with Crippen molar-refractivity contribution in [2.24, 2.45) is 0 Å². The molecule has 3 aliphatic heterocycles. The van der Waals surface area contributed by atoms with Crippen LogP contribution in [0.15, 0.2) is 51.7 Å². The van der Waals surface area contributed by atoms with Gasteiger partial charge in [0.1, 0.15) is 17.6 Å². The van der Waals surface area contributed by atoms with Gasteiger partial charge < -0.3 is 34.7 Å². The molecule has 6 N–H and O–H groups in total. The average molecular weight is 1170 g/mol. The zero-order chi connectivity index (χ0) is 56.0. The number of nitrogens with zero attached hydrogens (tertiary/aromatic N) is 5. The second kappa shape index (κ2) is 19.0. The number of carbonyl (C=O) groups is 3. The van der Waals surface area contributed by atoms with Gasteiger partial charge in [-0.05, 0) is 187 Å². The highest BCUT2D eigenvalue weighted by Gasteiger charge is 2.43. The maximum Gasteiger partial charge on any atom is 0.333 e. The number of aromatic nitrogens is 5. The maximum absolute atomic E-state index is 14.3. The lowest BCUT2D eigenvalue weighted by Crippen LogP contribution is -2.35. The van der Waals surface area contributed by atoms with E-state index in [2.05, 4.69) is 58.4 Å². The van der Waals surface area contributed by atoms with Gasteiger partial charge in [0, 0.05) is 29.7 Å². The molecule has 0 bridgehead atoms. The van der Waals surface area contributed by atoms with Crippen LogP contribution in [-0.4, -0.2) is 86.6 Å². The highest BCUT2D eigenvalue weighted by Crippen LogP contribution is 2.55. The van der Waals surface area contributed by atoms with E-state index in [0.29, 0.717) is 55.2 Å². The minimum Gasteiger partial charge on any atom is -0.488 e. The van der Waals surface area contributed by atoms with Gasteiger partial charge >= 0.3 is 18.1 Å². The minimum atomic E-state index is -4.65. The standard InChI is InChI=1S/C56H59N11O12S3/c68-54(58-46-35-9-1-5-29(35)23-30-6-2-10-36(30)46)64-82(75,76)51-53-66(28-57-51)26-34(79-53)27-67-43-18-21-77-49(43)50(61-67)81(73,74)63-55(69)59-47-37-11-4-8-32(37)25-42-39(15-16-41(42)47)40-14-13-33-24-31-7-3-12-38(31)48(45(33)40)60-56(70)62-80(71,72)44-17-19-65-20-22-78-52(44)65/h17,19,23-25,28,34,39-40H,1-16,18,20-22,26-27H2,(H2,58,64,68)(H2,59,63,69)(H2,60,62,70). The minimum absolute atomic E-state index is 0.00475. The molecule has 6 aromatic rings. The zero-order valence-corrected chi connectivity index (χ0v) is 47.1. The Balaban J connectivity index is 0.640. The van der Waals surface area contributed by atoms with Crippen molar-refractivity contribution < 1.29 is 53.8 Å². The molecule has 0 saturated carbocycles. The summed E-state index contributed by atoms with van der Waals surface area (Å²) in [6.45, 7) is 1.16. The molecule has 15 rings (SSSR count). The number of ether oxygens (including phenoxy) is 3. The number of nitrogens with one attached hydrogen (secondary N) is 6. The molecule has 23 nitrogen and oxygen atoms in total. The number of fused-ring (bicyclic) bond motifs is 9. The summed E-state index contributed by atoms with van der Waals surface area (Å²) in [6, 6.07) is 5.44. The monoisotopic (exact) mass is 1170 g/mol. The summed E-state index contributed by atoms with van der Waals surface area (Å²) in [5, 5.41) is 12.4. The normalized spacial score (nSPS) is 20.3. The number of aryl methyl sites for hydroxylation is 5. The molecule has 0 saturated heterocycles. The number of anilines is 3. The molecule has 82 heavy (non-hydrogen) atoms. The summed E-state index contributed by atoms with van der Waals surface area (Å²) in [4.78, 5) is 45.4. The van der Waals surface area contributed by atoms with Crippen LogP contribution in [0, 0.1) is 0 Å². The molecule has 6 heterocycles. The topological polar surface area (TPSA) is 294 Å². The summed E-state index contributed by atoms with van der Waals surface area (Å²) in [6.07, 6.45) is 15.7. The van der Waals surface area contributed by atoms with Gasteiger partial charge in [0.2, 0.25) is 21.8 Å². The SMILES string of the molecule is O=C(Nc1c2c(cc3c1C(C1CCc4c1cc1c(c4NC(=O)NS(=O)(=O)c4nn(CC5Cn6cnc(S(=O)(=O)NC(=O)Nc7c8c(cc9c7CCC9)CCC8)c6O5)c5c4OCC5)CCC1)CC3)CCC2)NS(=O)(=O)c1ccn2c1OCC2. The molecule has 3 atom stereocenters. The number of carbonyl (C=O) groups excluding carboxylic acids is 3. The predicted molar refractivity (Wildman–Crippen MR) is 296 cm³/mol. The highest BCUT2D eigenvalue weighted by atomic mass is 32.2. The third-order valence-corrected chi connectivity index (χ3v) is 22.1. The molecule has 3 aromatic heterocycles. The van der Waals surface area contributed by atoms with Gasteiger partial charge in [-0.2, -0.15) is 21.9 Å². The molecular formula is C56H59N11O12S3. The van der Waals surface area contributed by atoms with E-state index in [1.165, 1.54) is 32.8 Å². The fourth-order valence-corrected chi connectivity index (χ4v) is 18.0. The van der Waals surface area contributed by atoms with Gasteiger partial charge in [-0.3, -0.25) is 9.25 Å². The van der Waals surface area contributed by atoms with Gasteiger partial charge in [0.05, 0.1) is 38.3 Å². The number of urea groups is 3. The Labute approximate surface area is 472 Å². The average Bonchev–Trinajstić information content (AvgIpc) is 4.21. The van der Waals surface area contributed by atoms with Crippen molar-refractivity contribution in [3.05, 3.63) is 109 Å². The molecule has 26 heteroatoms. The molecule has 3 aromatic carbocycles. The molecular weight excluding hydrogens is 1110 g/mol. The molecule has 0 fully saturated rings.